The summed E-state index contributed by atoms with van der Waals surface area (Å²) < 4.78 is 13.7. The Labute approximate surface area is 268 Å². The molecule has 0 aliphatic rings. The highest BCUT2D eigenvalue weighted by Crippen LogP contribution is 2.25. The van der Waals surface area contributed by atoms with Gasteiger partial charge in [0.1, 0.15) is 34.4 Å². The molecule has 6 heterocycles. The standard InChI is InChI=1S/C15H16N6O2.C8H12N2O.C7H6N4O2/c1-9(2)23-12-4-5-17-7-11(12)20-15(22)10-3-6-19-21-13(16)8-18-14(10)21;1-6(2)11-8-3-4-10-5-7(8)9;8-5-3-9-6-4(7(12)13)1-2-10-11(5)6/h3-9H,16H2,1-2H3,(H,20,22);3-6H,9H2,1-2H3;1-3H,8H2,(H,12,13). The molecule has 6 aromatic heterocycles. The molecule has 0 aliphatic carbocycles. The molecule has 0 saturated carbocycles. The van der Waals surface area contributed by atoms with E-state index in [1.165, 1.54) is 46.1 Å². The fourth-order valence-corrected chi connectivity index (χ4v) is 3.95. The lowest BCUT2D eigenvalue weighted by Crippen LogP contribution is -2.16. The number of fused-ring (bicyclic) bond motifs is 2. The van der Waals surface area contributed by atoms with Gasteiger partial charge in [0.05, 0.1) is 48.2 Å². The number of hydrogen-bond acceptors (Lipinski definition) is 13. The zero-order chi connectivity index (χ0) is 34.1. The first-order valence-electron chi connectivity index (χ1n) is 14.1. The third kappa shape index (κ3) is 8.35. The van der Waals surface area contributed by atoms with E-state index in [0.717, 1.165) is 0 Å². The summed E-state index contributed by atoms with van der Waals surface area (Å²) in [5, 5.41) is 19.5. The summed E-state index contributed by atoms with van der Waals surface area (Å²) in [6, 6.07) is 6.42. The number of nitrogens with two attached hydrogens (primary N) is 3. The molecule has 244 valence electrons. The number of hydrogen-bond donors (Lipinski definition) is 5. The van der Waals surface area contributed by atoms with Crippen LogP contribution in [0.1, 0.15) is 48.4 Å². The van der Waals surface area contributed by atoms with Crippen molar-refractivity contribution in [3.05, 3.63) is 85.0 Å². The van der Waals surface area contributed by atoms with Crippen LogP contribution in [0.15, 0.2) is 73.8 Å². The second kappa shape index (κ2) is 15.0. The van der Waals surface area contributed by atoms with Crippen molar-refractivity contribution in [1.29, 1.82) is 0 Å². The summed E-state index contributed by atoms with van der Waals surface area (Å²) in [7, 11) is 0. The number of carboxylic acid groups (broad SMARTS) is 1. The number of aromatic carboxylic acids is 1. The topological polar surface area (TPSA) is 249 Å². The second-order valence-electron chi connectivity index (χ2n) is 10.2. The van der Waals surface area contributed by atoms with Gasteiger partial charge in [0.15, 0.2) is 11.3 Å². The lowest BCUT2D eigenvalue weighted by molar-refractivity contribution is 0.0698. The average molecular weight is 643 g/mol. The summed E-state index contributed by atoms with van der Waals surface area (Å²) >= 11 is 0. The summed E-state index contributed by atoms with van der Waals surface area (Å²) in [5.41, 5.74) is 19.0. The largest absolute Gasteiger partial charge is 0.489 e. The molecular weight excluding hydrogens is 608 g/mol. The van der Waals surface area contributed by atoms with Crippen LogP contribution in [0.25, 0.3) is 11.3 Å². The molecule has 6 aromatic rings. The number of anilines is 4. The van der Waals surface area contributed by atoms with Crippen LogP contribution in [0.4, 0.5) is 23.0 Å². The van der Waals surface area contributed by atoms with Gasteiger partial charge in [-0.05, 0) is 39.8 Å². The Hall–Kier alpha value is -6.52. The van der Waals surface area contributed by atoms with Crippen molar-refractivity contribution in [2.45, 2.75) is 39.9 Å². The number of nitrogens with zero attached hydrogens (tertiary/aromatic N) is 8. The van der Waals surface area contributed by atoms with E-state index in [2.05, 4.69) is 35.5 Å². The first kappa shape index (κ1) is 33.4. The zero-order valence-corrected chi connectivity index (χ0v) is 26.0. The van der Waals surface area contributed by atoms with Gasteiger partial charge in [0.25, 0.3) is 5.91 Å². The van der Waals surface area contributed by atoms with Gasteiger partial charge < -0.3 is 37.1 Å². The number of carbonyl (C=O) groups excluding carboxylic acids is 1. The number of imidazole rings is 2. The lowest BCUT2D eigenvalue weighted by Gasteiger charge is -2.14. The summed E-state index contributed by atoms with van der Waals surface area (Å²) in [5.74, 6) is 0.548. The van der Waals surface area contributed by atoms with Gasteiger partial charge in [-0.2, -0.15) is 19.2 Å². The molecule has 0 atom stereocenters. The molecule has 0 bridgehead atoms. The van der Waals surface area contributed by atoms with E-state index in [4.69, 9.17) is 31.8 Å². The van der Waals surface area contributed by atoms with Crippen LogP contribution in [-0.4, -0.2) is 68.4 Å². The van der Waals surface area contributed by atoms with Crippen molar-refractivity contribution >= 4 is 46.2 Å². The van der Waals surface area contributed by atoms with Crippen LogP contribution in [-0.2, 0) is 0 Å². The predicted octanol–water partition coefficient (Wildman–Crippen LogP) is 3.21. The number of nitrogen functional groups attached to an aromatic ring is 3. The summed E-state index contributed by atoms with van der Waals surface area (Å²) in [4.78, 5) is 39.1. The number of carbonyl (C=O) groups is 2. The molecule has 0 saturated heterocycles. The molecule has 0 aliphatic heterocycles. The maximum absolute atomic E-state index is 12.6. The predicted molar refractivity (Wildman–Crippen MR) is 174 cm³/mol. The smallest absolute Gasteiger partial charge is 0.339 e. The van der Waals surface area contributed by atoms with E-state index in [0.29, 0.717) is 45.7 Å². The number of amides is 1. The molecule has 17 nitrogen and oxygen atoms in total. The Morgan fingerprint density at radius 1 is 0.723 bits per heavy atom. The maximum Gasteiger partial charge on any atom is 0.339 e. The van der Waals surface area contributed by atoms with Crippen LogP contribution in [0, 0.1) is 0 Å². The maximum atomic E-state index is 12.6. The van der Waals surface area contributed by atoms with Crippen LogP contribution in [0.5, 0.6) is 11.5 Å². The molecule has 8 N–H and O–H groups in total. The van der Waals surface area contributed by atoms with E-state index in [1.807, 2.05) is 27.7 Å². The SMILES string of the molecule is CC(C)Oc1ccncc1N.CC(C)Oc1ccncc1NC(=O)c1ccnn2c(N)cnc12.Nc1cnc2c(C(=O)O)ccnn12. The van der Waals surface area contributed by atoms with Gasteiger partial charge in [-0.25, -0.2) is 14.8 Å². The van der Waals surface area contributed by atoms with Crippen molar-refractivity contribution in [2.75, 3.05) is 22.5 Å². The fraction of sp³-hybridized carbons (Fsp3) is 0.200. The minimum atomic E-state index is -1.04. The van der Waals surface area contributed by atoms with E-state index in [9.17, 15) is 9.59 Å². The number of aromatic nitrogens is 8. The van der Waals surface area contributed by atoms with Crippen LogP contribution in [0.2, 0.25) is 0 Å². The Bertz CT molecular complexity index is 1990. The molecule has 47 heavy (non-hydrogen) atoms. The highest BCUT2D eigenvalue weighted by atomic mass is 16.5. The number of ether oxygens (including phenoxy) is 2. The number of rotatable bonds is 7. The van der Waals surface area contributed by atoms with Crippen molar-refractivity contribution in [3.63, 3.8) is 0 Å². The Balaban J connectivity index is 0.000000176. The number of pyridine rings is 2. The molecule has 1 amide bonds. The molecular formula is C30H34N12O5. The Morgan fingerprint density at radius 3 is 1.79 bits per heavy atom. The van der Waals surface area contributed by atoms with Crippen molar-refractivity contribution in [3.8, 4) is 11.5 Å². The molecule has 0 unspecified atom stereocenters. The molecule has 0 radical (unpaired) electrons. The molecule has 0 spiro atoms. The fourth-order valence-electron chi connectivity index (χ4n) is 3.95. The molecule has 0 fully saturated rings. The van der Waals surface area contributed by atoms with Gasteiger partial charge in [-0.3, -0.25) is 14.8 Å². The van der Waals surface area contributed by atoms with Crippen LogP contribution in [0.3, 0.4) is 0 Å². The highest BCUT2D eigenvalue weighted by molar-refractivity contribution is 6.08. The monoisotopic (exact) mass is 642 g/mol. The lowest BCUT2D eigenvalue weighted by atomic mass is 10.2. The molecule has 0 aromatic carbocycles. The van der Waals surface area contributed by atoms with Gasteiger partial charge in [0.2, 0.25) is 0 Å². The highest BCUT2D eigenvalue weighted by Gasteiger charge is 2.16. The van der Waals surface area contributed by atoms with Crippen molar-refractivity contribution in [1.82, 2.24) is 39.2 Å². The van der Waals surface area contributed by atoms with Gasteiger partial charge >= 0.3 is 5.97 Å². The van der Waals surface area contributed by atoms with Crippen LogP contribution < -0.4 is 32.0 Å². The summed E-state index contributed by atoms with van der Waals surface area (Å²) in [6.45, 7) is 7.73. The van der Waals surface area contributed by atoms with Crippen molar-refractivity contribution < 1.29 is 24.2 Å². The van der Waals surface area contributed by atoms with Crippen molar-refractivity contribution in [2.24, 2.45) is 0 Å². The average Bonchev–Trinajstić information content (AvgIpc) is 3.61. The van der Waals surface area contributed by atoms with Gasteiger partial charge in [0, 0.05) is 36.9 Å². The first-order chi connectivity index (χ1) is 22.5. The normalized spacial score (nSPS) is 10.6. The van der Waals surface area contributed by atoms with E-state index in [1.54, 1.807) is 36.8 Å². The third-order valence-corrected chi connectivity index (χ3v) is 5.90. The van der Waals surface area contributed by atoms with Gasteiger partial charge in [-0.15, -0.1) is 0 Å². The third-order valence-electron chi connectivity index (χ3n) is 5.90. The van der Waals surface area contributed by atoms with E-state index < -0.39 is 5.97 Å². The number of carboxylic acids is 1. The molecule has 17 heteroatoms. The Kier molecular flexibility index (Phi) is 10.6. The quantitative estimate of drug-likeness (QED) is 0.168. The van der Waals surface area contributed by atoms with E-state index in [-0.39, 0.29) is 29.3 Å². The Morgan fingerprint density at radius 2 is 1.23 bits per heavy atom. The summed E-state index contributed by atoms with van der Waals surface area (Å²) in [6.07, 6.45) is 12.2. The second-order valence-corrected chi connectivity index (χ2v) is 10.2. The van der Waals surface area contributed by atoms with Crippen LogP contribution >= 0.6 is 0 Å². The zero-order valence-electron chi connectivity index (χ0n) is 26.0. The van der Waals surface area contributed by atoms with Gasteiger partial charge in [-0.1, -0.05) is 0 Å². The first-order valence-corrected chi connectivity index (χ1v) is 14.1. The molecule has 6 rings (SSSR count). The number of nitrogens with one attached hydrogen (secondary N) is 1. The van der Waals surface area contributed by atoms with E-state index >= 15 is 0 Å². The minimum absolute atomic E-state index is 0.0206. The minimum Gasteiger partial charge on any atom is -0.489 e.